The van der Waals surface area contributed by atoms with Gasteiger partial charge < -0.3 is 40.0 Å². The lowest BCUT2D eigenvalue weighted by Crippen LogP contribution is -2.68. The topological polar surface area (TPSA) is 203 Å². The number of likely N-dealkylation sites (N-methyl/N-ethyl adjacent to an activating group) is 1. The highest BCUT2D eigenvalue weighted by Crippen LogP contribution is 2.55. The molecular weight excluding hydrogens is 622 g/mol. The molecule has 3 aromatic carbocycles. The van der Waals surface area contributed by atoms with Gasteiger partial charge in [0, 0.05) is 17.1 Å². The summed E-state index contributed by atoms with van der Waals surface area (Å²) in [5.41, 5.74) is 3.23. The molecule has 13 nitrogen and oxygen atoms in total. The fourth-order valence-corrected chi connectivity index (χ4v) is 8.03. The van der Waals surface area contributed by atoms with Crippen LogP contribution in [0.4, 0.5) is 5.69 Å². The highest BCUT2D eigenvalue weighted by molar-refractivity contribution is 6.22. The largest absolute Gasteiger partial charge is 0.508 e. The van der Waals surface area contributed by atoms with Gasteiger partial charge in [-0.15, -0.1) is 0 Å². The van der Waals surface area contributed by atoms with Crippen molar-refractivity contribution in [1.29, 1.82) is 0 Å². The Morgan fingerprint density at radius 2 is 1.67 bits per heavy atom. The first-order valence-corrected chi connectivity index (χ1v) is 15.4. The number of aliphatic hydroxyl groups is 3. The molecule has 246 valence electrons. The van der Waals surface area contributed by atoms with Gasteiger partial charge in [-0.1, -0.05) is 12.1 Å². The van der Waals surface area contributed by atoms with Crippen LogP contribution in [0.15, 0.2) is 59.4 Å². The molecule has 3 aliphatic carbocycles. The van der Waals surface area contributed by atoms with Crippen LogP contribution in [-0.2, 0) is 20.8 Å². The number of ketones is 2. The van der Waals surface area contributed by atoms with E-state index in [-0.39, 0.29) is 36.5 Å². The number of nitrogens with one attached hydrogen (secondary N) is 1. The number of phenolic OH excluding ortho intramolecular Hbond substituents is 1. The number of phenols is 1. The van der Waals surface area contributed by atoms with Crippen molar-refractivity contribution >= 4 is 28.9 Å². The second kappa shape index (κ2) is 10.3. The number of fused-ring (bicyclic) bond motifs is 5. The molecule has 0 spiro atoms. The maximum atomic E-state index is 14.4. The Hall–Kier alpha value is -5.37. The zero-order valence-corrected chi connectivity index (χ0v) is 26.0. The van der Waals surface area contributed by atoms with Crippen molar-refractivity contribution < 1.29 is 54.8 Å². The van der Waals surface area contributed by atoms with Crippen LogP contribution in [-0.4, -0.2) is 82.1 Å². The molecule has 4 atom stereocenters. The summed E-state index contributed by atoms with van der Waals surface area (Å²) in [7, 11) is 3.16. The predicted molar refractivity (Wildman–Crippen MR) is 169 cm³/mol. The normalized spacial score (nSPS) is 25.3. The molecule has 5 aliphatic rings. The minimum Gasteiger partial charge on any atom is -0.508 e. The van der Waals surface area contributed by atoms with Crippen LogP contribution in [0.25, 0.3) is 28.0 Å². The van der Waals surface area contributed by atoms with Crippen molar-refractivity contribution in [3.05, 3.63) is 70.5 Å². The summed E-state index contributed by atoms with van der Waals surface area (Å²) in [6, 6.07) is 11.4. The van der Waals surface area contributed by atoms with Crippen LogP contribution < -0.4 is 25.3 Å². The summed E-state index contributed by atoms with van der Waals surface area (Å²) in [4.78, 5) is 41.8. The Morgan fingerprint density at radius 3 is 2.42 bits per heavy atom. The molecule has 8 N–H and O–H groups in total. The van der Waals surface area contributed by atoms with Crippen molar-refractivity contribution in [2.45, 2.75) is 24.5 Å². The van der Waals surface area contributed by atoms with Gasteiger partial charge in [0.15, 0.2) is 40.9 Å². The number of hydrogen-bond donors (Lipinski definition) is 6. The molecule has 0 saturated heterocycles. The number of Topliss-reactive ketones (excluding diaryl/α,β-unsaturated/α-hetero) is 2. The SMILES string of the molecule is CN(C)C1C(=O)C(C([NH3+])=O)=C(O)C2(O)C(=O)C3=C(O)c4c(O)c(-c5ccc6c(c5)OCO6)cc(-c5ccc6c(c5)OCN6)c4CC3CC12. The van der Waals surface area contributed by atoms with Gasteiger partial charge in [-0.3, -0.25) is 20.2 Å². The molecule has 0 aromatic heterocycles. The summed E-state index contributed by atoms with van der Waals surface area (Å²) in [6.07, 6.45) is 0.146. The Morgan fingerprint density at radius 1 is 0.958 bits per heavy atom. The second-order valence-corrected chi connectivity index (χ2v) is 12.9. The number of rotatable bonds is 4. The zero-order chi connectivity index (χ0) is 33.8. The van der Waals surface area contributed by atoms with Gasteiger partial charge in [-0.05, 0) is 85.4 Å². The zero-order valence-electron chi connectivity index (χ0n) is 26.0. The van der Waals surface area contributed by atoms with E-state index in [2.05, 4.69) is 11.1 Å². The minimum atomic E-state index is -2.69. The molecule has 13 heteroatoms. The molecule has 8 rings (SSSR count). The molecule has 1 amide bonds. The van der Waals surface area contributed by atoms with Crippen molar-refractivity contribution in [2.24, 2.45) is 11.8 Å². The van der Waals surface area contributed by atoms with Crippen LogP contribution in [0.5, 0.6) is 23.0 Å². The summed E-state index contributed by atoms with van der Waals surface area (Å²) >= 11 is 0. The first-order valence-electron chi connectivity index (χ1n) is 15.4. The van der Waals surface area contributed by atoms with Crippen LogP contribution in [0.3, 0.4) is 0 Å². The molecule has 4 unspecified atom stereocenters. The summed E-state index contributed by atoms with van der Waals surface area (Å²) in [6.45, 7) is 0.359. The average Bonchev–Trinajstić information content (AvgIpc) is 3.71. The van der Waals surface area contributed by atoms with E-state index in [1.54, 1.807) is 32.3 Å². The maximum absolute atomic E-state index is 14.4. The number of carbonyl (C=O) groups excluding carboxylic acids is 3. The number of aromatic hydroxyl groups is 1. The smallest absolute Gasteiger partial charge is 0.348 e. The van der Waals surface area contributed by atoms with E-state index in [1.165, 1.54) is 4.90 Å². The minimum absolute atomic E-state index is 0.000331. The lowest BCUT2D eigenvalue weighted by Gasteiger charge is -2.50. The van der Waals surface area contributed by atoms with Crippen molar-refractivity contribution in [3.8, 4) is 45.3 Å². The number of benzene rings is 3. The highest BCUT2D eigenvalue weighted by Gasteiger charge is 2.64. The van der Waals surface area contributed by atoms with Gasteiger partial charge >= 0.3 is 5.91 Å². The molecule has 2 aliphatic heterocycles. The lowest BCUT2D eigenvalue weighted by molar-refractivity contribution is -0.299. The third kappa shape index (κ3) is 3.98. The maximum Gasteiger partial charge on any atom is 0.348 e. The Balaban J connectivity index is 1.37. The molecule has 1 fully saturated rings. The third-order valence-corrected chi connectivity index (χ3v) is 10.2. The lowest BCUT2D eigenvalue weighted by atomic mass is 9.57. The van der Waals surface area contributed by atoms with E-state index in [0.29, 0.717) is 46.2 Å². The summed E-state index contributed by atoms with van der Waals surface area (Å²) in [5.74, 6) is -5.00. The van der Waals surface area contributed by atoms with Crippen molar-refractivity contribution in [2.75, 3.05) is 32.9 Å². The van der Waals surface area contributed by atoms with Gasteiger partial charge in [0.25, 0.3) is 0 Å². The monoisotopic (exact) mass is 654 g/mol. The first kappa shape index (κ1) is 30.0. The summed E-state index contributed by atoms with van der Waals surface area (Å²) in [5, 5.41) is 50.3. The van der Waals surface area contributed by atoms with Gasteiger partial charge in [-0.2, -0.15) is 0 Å². The molecule has 0 bridgehead atoms. The molecule has 0 radical (unpaired) electrons. The van der Waals surface area contributed by atoms with Crippen molar-refractivity contribution in [3.63, 3.8) is 0 Å². The third-order valence-electron chi connectivity index (χ3n) is 10.2. The Bertz CT molecular complexity index is 2070. The standard InChI is InChI=1S/C35H31N3O10/c1-38(2)28-20-8-16-7-19-17(14-3-5-21-23(9-14)46-12-37-21)11-18(15-4-6-22-24(10-15)48-13-47-22)29(39)26(19)30(40)25(16)32(42)35(20,45)33(43)27(31(28)41)34(36)44/h3-6,9-11,16,20,28,37,39-40,43,45H,7-8,12-13H2,1-2H3,(H2,36,44)/p+1. The summed E-state index contributed by atoms with van der Waals surface area (Å²) < 4.78 is 16.8. The van der Waals surface area contributed by atoms with Crippen LogP contribution in [0.2, 0.25) is 0 Å². The molecular formula is C35H32N3O10+. The number of aliphatic hydroxyl groups excluding tert-OH is 2. The quantitative estimate of drug-likeness (QED) is 0.224. The highest BCUT2D eigenvalue weighted by atomic mass is 16.7. The van der Waals surface area contributed by atoms with Crippen LogP contribution in [0.1, 0.15) is 17.5 Å². The average molecular weight is 655 g/mol. The molecule has 3 aromatic rings. The van der Waals surface area contributed by atoms with Crippen LogP contribution >= 0.6 is 0 Å². The van der Waals surface area contributed by atoms with E-state index < -0.39 is 58.0 Å². The van der Waals surface area contributed by atoms with Crippen LogP contribution in [0, 0.1) is 11.8 Å². The van der Waals surface area contributed by atoms with E-state index in [4.69, 9.17) is 14.2 Å². The van der Waals surface area contributed by atoms with E-state index in [1.807, 2.05) is 24.3 Å². The van der Waals surface area contributed by atoms with Gasteiger partial charge in [-0.25, -0.2) is 4.79 Å². The van der Waals surface area contributed by atoms with Gasteiger partial charge in [0.1, 0.15) is 17.3 Å². The van der Waals surface area contributed by atoms with Crippen molar-refractivity contribution in [1.82, 2.24) is 4.90 Å². The van der Waals surface area contributed by atoms with E-state index in [9.17, 15) is 34.8 Å². The number of carbonyl (C=O) groups is 3. The number of amides is 1. The number of hydrogen-bond acceptors (Lipinski definition) is 12. The Labute approximate surface area is 273 Å². The molecule has 2 heterocycles. The van der Waals surface area contributed by atoms with E-state index in [0.717, 1.165) is 11.3 Å². The van der Waals surface area contributed by atoms with E-state index >= 15 is 0 Å². The number of ether oxygens (including phenoxy) is 3. The number of anilines is 1. The number of quaternary nitrogens is 1. The fourth-order valence-electron chi connectivity index (χ4n) is 8.03. The molecule has 1 saturated carbocycles. The fraction of sp³-hybridized carbons (Fsp3) is 0.286. The predicted octanol–water partition coefficient (Wildman–Crippen LogP) is 2.07. The molecule has 48 heavy (non-hydrogen) atoms. The second-order valence-electron chi connectivity index (χ2n) is 12.9. The first-order chi connectivity index (χ1) is 22.9. The van der Waals surface area contributed by atoms with Gasteiger partial charge in [0.05, 0.1) is 17.3 Å². The number of nitrogens with zero attached hydrogens (tertiary/aromatic N) is 1. The Kier molecular flexibility index (Phi) is 6.44. The van der Waals surface area contributed by atoms with Gasteiger partial charge in [0.2, 0.25) is 12.6 Å².